The number of aromatic carboxylic acids is 1. The zero-order chi connectivity index (χ0) is 20.9. The Labute approximate surface area is 167 Å². The molecule has 3 rings (SSSR count). The molecule has 0 aliphatic heterocycles. The third-order valence-electron chi connectivity index (χ3n) is 4.09. The van der Waals surface area contributed by atoms with Crippen molar-refractivity contribution in [2.75, 3.05) is 13.2 Å². The summed E-state index contributed by atoms with van der Waals surface area (Å²) in [5.41, 5.74) is 1.49. The molecule has 0 amide bonds. The first-order valence-electron chi connectivity index (χ1n) is 8.68. The smallest absolute Gasteiger partial charge is 0.335 e. The van der Waals surface area contributed by atoms with Gasteiger partial charge in [-0.2, -0.15) is 0 Å². The van der Waals surface area contributed by atoms with Gasteiger partial charge in [-0.25, -0.2) is 22.3 Å². The number of nitrogens with one attached hydrogen (secondary N) is 1. The van der Waals surface area contributed by atoms with Gasteiger partial charge in [0.2, 0.25) is 10.0 Å². The van der Waals surface area contributed by atoms with Crippen LogP contribution in [-0.4, -0.2) is 32.6 Å². The molecule has 0 unspecified atom stereocenters. The number of halogens is 1. The molecule has 0 bridgehead atoms. The van der Waals surface area contributed by atoms with E-state index in [0.717, 1.165) is 29.3 Å². The number of sulfonamides is 1. The Balaban J connectivity index is 1.67. The van der Waals surface area contributed by atoms with Crippen LogP contribution >= 0.6 is 0 Å². The predicted molar refractivity (Wildman–Crippen MR) is 106 cm³/mol. The Morgan fingerprint density at radius 2 is 1.69 bits per heavy atom. The van der Waals surface area contributed by atoms with Gasteiger partial charge in [0.25, 0.3) is 0 Å². The minimum absolute atomic E-state index is 0.00329. The molecule has 0 saturated heterocycles. The fourth-order valence-electron chi connectivity index (χ4n) is 2.71. The average Bonchev–Trinajstić information content (AvgIpc) is 2.72. The van der Waals surface area contributed by atoms with Gasteiger partial charge in [0.05, 0.1) is 5.56 Å². The van der Waals surface area contributed by atoms with E-state index in [1.165, 1.54) is 0 Å². The van der Waals surface area contributed by atoms with Crippen molar-refractivity contribution in [2.45, 2.75) is 4.90 Å². The molecule has 0 atom stereocenters. The van der Waals surface area contributed by atoms with Gasteiger partial charge >= 0.3 is 5.97 Å². The van der Waals surface area contributed by atoms with E-state index in [2.05, 4.69) is 4.72 Å². The molecule has 0 aromatic heterocycles. The lowest BCUT2D eigenvalue weighted by Gasteiger charge is -2.13. The first-order valence-corrected chi connectivity index (χ1v) is 10.2. The van der Waals surface area contributed by atoms with E-state index in [4.69, 9.17) is 9.84 Å². The van der Waals surface area contributed by atoms with Crippen molar-refractivity contribution in [1.29, 1.82) is 0 Å². The van der Waals surface area contributed by atoms with Crippen LogP contribution in [0.5, 0.6) is 5.75 Å². The number of carboxylic acids is 1. The van der Waals surface area contributed by atoms with Gasteiger partial charge in [-0.3, -0.25) is 0 Å². The second-order valence-electron chi connectivity index (χ2n) is 6.06. The Hall–Kier alpha value is -3.23. The monoisotopic (exact) mass is 415 g/mol. The molecule has 0 radical (unpaired) electrons. The van der Waals surface area contributed by atoms with Crippen LogP contribution in [-0.2, 0) is 10.0 Å². The molecule has 150 valence electrons. The summed E-state index contributed by atoms with van der Waals surface area (Å²) in [6.45, 7) is -0.120. The van der Waals surface area contributed by atoms with Crippen molar-refractivity contribution in [3.63, 3.8) is 0 Å². The second-order valence-corrected chi connectivity index (χ2v) is 7.79. The number of carboxylic acid groups (broad SMARTS) is 1. The molecule has 0 aliphatic carbocycles. The largest absolute Gasteiger partial charge is 0.492 e. The van der Waals surface area contributed by atoms with E-state index < -0.39 is 26.7 Å². The average molecular weight is 415 g/mol. The molecule has 0 saturated carbocycles. The van der Waals surface area contributed by atoms with Gasteiger partial charge in [0.15, 0.2) is 0 Å². The number of carbonyl (C=O) groups is 1. The van der Waals surface area contributed by atoms with E-state index in [1.54, 1.807) is 12.1 Å². The van der Waals surface area contributed by atoms with Crippen molar-refractivity contribution in [1.82, 2.24) is 4.72 Å². The highest BCUT2D eigenvalue weighted by Crippen LogP contribution is 2.29. The minimum Gasteiger partial charge on any atom is -0.492 e. The summed E-state index contributed by atoms with van der Waals surface area (Å²) >= 11 is 0. The number of rotatable bonds is 8. The molecule has 2 N–H and O–H groups in total. The van der Waals surface area contributed by atoms with Crippen LogP contribution in [0.3, 0.4) is 0 Å². The van der Waals surface area contributed by atoms with Crippen LogP contribution in [0.1, 0.15) is 10.4 Å². The molecule has 0 spiro atoms. The highest BCUT2D eigenvalue weighted by molar-refractivity contribution is 7.89. The Kier molecular flexibility index (Phi) is 6.26. The van der Waals surface area contributed by atoms with Crippen LogP contribution in [0.15, 0.2) is 77.7 Å². The number of para-hydroxylation sites is 1. The molecule has 0 fully saturated rings. The van der Waals surface area contributed by atoms with E-state index >= 15 is 0 Å². The zero-order valence-electron chi connectivity index (χ0n) is 15.2. The number of benzene rings is 3. The van der Waals surface area contributed by atoms with Crippen molar-refractivity contribution >= 4 is 16.0 Å². The molecule has 3 aromatic carbocycles. The van der Waals surface area contributed by atoms with Crippen LogP contribution in [0.2, 0.25) is 0 Å². The Morgan fingerprint density at radius 1 is 1.00 bits per heavy atom. The van der Waals surface area contributed by atoms with Crippen molar-refractivity contribution in [3.8, 4) is 16.9 Å². The van der Waals surface area contributed by atoms with Gasteiger partial charge < -0.3 is 9.84 Å². The summed E-state index contributed by atoms with van der Waals surface area (Å²) in [5.74, 6) is -1.79. The summed E-state index contributed by atoms with van der Waals surface area (Å²) in [4.78, 5) is 10.3. The van der Waals surface area contributed by atoms with Gasteiger partial charge in [0, 0.05) is 12.1 Å². The van der Waals surface area contributed by atoms with Gasteiger partial charge in [-0.1, -0.05) is 48.5 Å². The highest BCUT2D eigenvalue weighted by atomic mass is 32.2. The molecule has 8 heteroatoms. The normalized spacial score (nSPS) is 11.2. The Bertz CT molecular complexity index is 1120. The third kappa shape index (κ3) is 4.98. The molecule has 29 heavy (non-hydrogen) atoms. The maximum absolute atomic E-state index is 13.9. The van der Waals surface area contributed by atoms with Crippen molar-refractivity contribution in [3.05, 3.63) is 84.2 Å². The van der Waals surface area contributed by atoms with E-state index in [1.807, 2.05) is 42.5 Å². The highest BCUT2D eigenvalue weighted by Gasteiger charge is 2.21. The second kappa shape index (κ2) is 8.85. The summed E-state index contributed by atoms with van der Waals surface area (Å²) in [7, 11) is -4.23. The number of hydrogen-bond acceptors (Lipinski definition) is 4. The molecule has 6 nitrogen and oxygen atoms in total. The van der Waals surface area contributed by atoms with E-state index in [-0.39, 0.29) is 18.7 Å². The van der Waals surface area contributed by atoms with E-state index in [0.29, 0.717) is 5.75 Å². The summed E-state index contributed by atoms with van der Waals surface area (Å²) in [5, 5.41) is 8.97. The lowest BCUT2D eigenvalue weighted by molar-refractivity contribution is 0.0696. The van der Waals surface area contributed by atoms with Gasteiger partial charge in [-0.05, 0) is 29.8 Å². The topological polar surface area (TPSA) is 92.7 Å². The van der Waals surface area contributed by atoms with Crippen LogP contribution in [0.4, 0.5) is 4.39 Å². The fraction of sp³-hybridized carbons (Fsp3) is 0.0952. The minimum atomic E-state index is -4.23. The number of ether oxygens (including phenoxy) is 1. The first kappa shape index (κ1) is 20.5. The quantitative estimate of drug-likeness (QED) is 0.549. The molecule has 0 heterocycles. The maximum atomic E-state index is 13.9. The zero-order valence-corrected chi connectivity index (χ0v) is 16.0. The van der Waals surface area contributed by atoms with Gasteiger partial charge in [0.1, 0.15) is 23.1 Å². The summed E-state index contributed by atoms with van der Waals surface area (Å²) in [6, 6.07) is 19.5. The lowest BCUT2D eigenvalue weighted by Crippen LogP contribution is -2.29. The molecular formula is C21H18FNO5S. The Morgan fingerprint density at radius 3 is 2.41 bits per heavy atom. The standard InChI is InChI=1S/C21H18FNO5S/c22-18-11-10-16(21(24)25)14-20(18)29(26,27)23-12-13-28-19-9-5-4-8-17(19)15-6-2-1-3-7-15/h1-11,14,23H,12-13H2,(H,24,25). The molecule has 3 aromatic rings. The SMILES string of the molecule is O=C(O)c1ccc(F)c(S(=O)(=O)NCCOc2ccccc2-c2ccccc2)c1. The van der Waals surface area contributed by atoms with Crippen LogP contribution in [0, 0.1) is 5.82 Å². The molecule has 0 aliphatic rings. The van der Waals surface area contributed by atoms with Crippen molar-refractivity contribution < 1.29 is 27.4 Å². The summed E-state index contributed by atoms with van der Waals surface area (Å²) in [6.07, 6.45) is 0. The summed E-state index contributed by atoms with van der Waals surface area (Å²) < 4.78 is 46.5. The first-order chi connectivity index (χ1) is 13.9. The lowest BCUT2D eigenvalue weighted by atomic mass is 10.1. The van der Waals surface area contributed by atoms with E-state index in [9.17, 15) is 17.6 Å². The number of hydrogen-bond donors (Lipinski definition) is 2. The van der Waals surface area contributed by atoms with Gasteiger partial charge in [-0.15, -0.1) is 0 Å². The third-order valence-corrected chi connectivity index (χ3v) is 5.57. The van der Waals surface area contributed by atoms with Crippen molar-refractivity contribution in [2.24, 2.45) is 0 Å². The van der Waals surface area contributed by atoms with Crippen LogP contribution in [0.25, 0.3) is 11.1 Å². The fourth-order valence-corrected chi connectivity index (χ4v) is 3.82. The predicted octanol–water partition coefficient (Wildman–Crippen LogP) is 3.55. The molecular weight excluding hydrogens is 397 g/mol. The van der Waals surface area contributed by atoms with Crippen LogP contribution < -0.4 is 9.46 Å². The maximum Gasteiger partial charge on any atom is 0.335 e.